The van der Waals surface area contributed by atoms with Crippen molar-refractivity contribution in [1.82, 2.24) is 0 Å². The highest BCUT2D eigenvalue weighted by atomic mass is 35.5. The van der Waals surface area contributed by atoms with Crippen molar-refractivity contribution in [3.05, 3.63) is 34.3 Å². The fourth-order valence-electron chi connectivity index (χ4n) is 2.76. The van der Waals surface area contributed by atoms with Crippen LogP contribution in [0.3, 0.4) is 0 Å². The van der Waals surface area contributed by atoms with Crippen molar-refractivity contribution in [1.29, 1.82) is 0 Å². The molecule has 1 aliphatic rings. The third-order valence-electron chi connectivity index (χ3n) is 3.96. The van der Waals surface area contributed by atoms with Crippen LogP contribution in [-0.4, -0.2) is 6.54 Å². The molecule has 1 aromatic carbocycles. The molecule has 0 amide bonds. The van der Waals surface area contributed by atoms with Gasteiger partial charge < -0.3 is 5.73 Å². The second kappa shape index (κ2) is 4.14. The molecule has 1 aromatic rings. The Kier molecular flexibility index (Phi) is 3.14. The Morgan fingerprint density at radius 1 is 1.33 bits per heavy atom. The zero-order valence-electron chi connectivity index (χ0n) is 10.2. The van der Waals surface area contributed by atoms with Crippen LogP contribution in [0.5, 0.6) is 0 Å². The van der Waals surface area contributed by atoms with Gasteiger partial charge in [-0.2, -0.15) is 13.2 Å². The Hall–Kier alpha value is -0.740. The molecule has 0 unspecified atom stereocenters. The fraction of sp³-hybridized carbons (Fsp3) is 0.538. The van der Waals surface area contributed by atoms with E-state index in [2.05, 4.69) is 0 Å². The Labute approximate surface area is 109 Å². The average molecular weight is 278 g/mol. The van der Waals surface area contributed by atoms with Crippen LogP contribution in [0.15, 0.2) is 18.2 Å². The van der Waals surface area contributed by atoms with Crippen LogP contribution >= 0.6 is 11.6 Å². The molecule has 1 nitrogen and oxygen atoms in total. The van der Waals surface area contributed by atoms with E-state index in [1.165, 1.54) is 6.07 Å². The van der Waals surface area contributed by atoms with E-state index in [0.29, 0.717) is 17.1 Å². The molecule has 5 heteroatoms. The largest absolute Gasteiger partial charge is 0.416 e. The number of hydrogen-bond donors (Lipinski definition) is 1. The summed E-state index contributed by atoms with van der Waals surface area (Å²) in [4.78, 5) is 0. The minimum Gasteiger partial charge on any atom is -0.330 e. The highest BCUT2D eigenvalue weighted by molar-refractivity contribution is 6.31. The number of alkyl halides is 3. The van der Waals surface area contributed by atoms with Crippen LogP contribution in [0.1, 0.15) is 30.9 Å². The van der Waals surface area contributed by atoms with Crippen molar-refractivity contribution in [3.8, 4) is 0 Å². The lowest BCUT2D eigenvalue weighted by Crippen LogP contribution is -2.06. The minimum atomic E-state index is -4.34. The lowest BCUT2D eigenvalue weighted by Gasteiger charge is -2.11. The van der Waals surface area contributed by atoms with Gasteiger partial charge in [-0.1, -0.05) is 25.4 Å². The summed E-state index contributed by atoms with van der Waals surface area (Å²) in [7, 11) is 0. The molecule has 1 aliphatic carbocycles. The Morgan fingerprint density at radius 3 is 2.39 bits per heavy atom. The van der Waals surface area contributed by atoms with Crippen LogP contribution in [0.25, 0.3) is 0 Å². The third kappa shape index (κ3) is 2.12. The van der Waals surface area contributed by atoms with E-state index in [4.69, 9.17) is 17.3 Å². The van der Waals surface area contributed by atoms with Gasteiger partial charge >= 0.3 is 6.18 Å². The van der Waals surface area contributed by atoms with E-state index in [9.17, 15) is 13.2 Å². The van der Waals surface area contributed by atoms with Gasteiger partial charge in [0.2, 0.25) is 0 Å². The second-order valence-electron chi connectivity index (χ2n) is 5.38. The standard InChI is InChI=1S/C13H15ClF3N/c1-12(2)9(6-18)11(12)8-5-7(13(15,16)17)3-4-10(8)14/h3-5,9,11H,6,18H2,1-2H3/t9-,11-/m1/s1. The summed E-state index contributed by atoms with van der Waals surface area (Å²) in [6.45, 7) is 4.47. The maximum atomic E-state index is 12.7. The number of benzene rings is 1. The number of halogens is 4. The average Bonchev–Trinajstić information content (AvgIpc) is 2.79. The predicted octanol–water partition coefficient (Wildman–Crippen LogP) is 4.06. The van der Waals surface area contributed by atoms with Gasteiger partial charge in [0.25, 0.3) is 0 Å². The first-order valence-electron chi connectivity index (χ1n) is 5.76. The van der Waals surface area contributed by atoms with Gasteiger partial charge in [0.1, 0.15) is 0 Å². The summed E-state index contributed by atoms with van der Waals surface area (Å²) in [5.41, 5.74) is 5.47. The predicted molar refractivity (Wildman–Crippen MR) is 65.5 cm³/mol. The van der Waals surface area contributed by atoms with E-state index in [-0.39, 0.29) is 17.3 Å². The quantitative estimate of drug-likeness (QED) is 0.867. The Bertz CT molecular complexity index is 468. The van der Waals surface area contributed by atoms with Gasteiger partial charge in [0.15, 0.2) is 0 Å². The molecule has 0 spiro atoms. The highest BCUT2D eigenvalue weighted by Crippen LogP contribution is 2.65. The van der Waals surface area contributed by atoms with E-state index >= 15 is 0 Å². The monoisotopic (exact) mass is 277 g/mol. The minimum absolute atomic E-state index is 0.0114. The van der Waals surface area contributed by atoms with Gasteiger partial charge in [-0.15, -0.1) is 0 Å². The first kappa shape index (κ1) is 13.7. The van der Waals surface area contributed by atoms with E-state index < -0.39 is 11.7 Å². The maximum absolute atomic E-state index is 12.7. The van der Waals surface area contributed by atoms with Crippen molar-refractivity contribution in [3.63, 3.8) is 0 Å². The maximum Gasteiger partial charge on any atom is 0.416 e. The lowest BCUT2D eigenvalue weighted by atomic mass is 10.0. The smallest absolute Gasteiger partial charge is 0.330 e. The van der Waals surface area contributed by atoms with E-state index in [1.807, 2.05) is 13.8 Å². The summed E-state index contributed by atoms with van der Waals surface area (Å²) in [5, 5.41) is 0.386. The first-order chi connectivity index (χ1) is 8.19. The molecule has 0 bridgehead atoms. The number of hydrogen-bond acceptors (Lipinski definition) is 1. The van der Waals surface area contributed by atoms with Crippen molar-refractivity contribution >= 4 is 11.6 Å². The fourth-order valence-corrected chi connectivity index (χ4v) is 2.99. The van der Waals surface area contributed by atoms with Crippen LogP contribution < -0.4 is 5.73 Å². The van der Waals surface area contributed by atoms with Gasteiger partial charge in [-0.25, -0.2) is 0 Å². The summed E-state index contributed by atoms with van der Waals surface area (Å²) in [6, 6.07) is 3.49. The number of rotatable bonds is 2. The molecule has 0 aliphatic heterocycles. The van der Waals surface area contributed by atoms with Crippen LogP contribution in [-0.2, 0) is 6.18 Å². The summed E-state index contributed by atoms with van der Waals surface area (Å²) in [6.07, 6.45) is -4.34. The molecular formula is C13H15ClF3N. The second-order valence-corrected chi connectivity index (χ2v) is 5.78. The van der Waals surface area contributed by atoms with Gasteiger partial charge in [0, 0.05) is 5.02 Å². The van der Waals surface area contributed by atoms with Crippen LogP contribution in [0.4, 0.5) is 13.2 Å². The molecule has 2 N–H and O–H groups in total. The molecule has 2 rings (SSSR count). The van der Waals surface area contributed by atoms with Crippen molar-refractivity contribution < 1.29 is 13.2 Å². The zero-order valence-corrected chi connectivity index (χ0v) is 10.9. The number of nitrogens with two attached hydrogens (primary N) is 1. The van der Waals surface area contributed by atoms with Gasteiger partial charge in [-0.05, 0) is 47.6 Å². The topological polar surface area (TPSA) is 26.0 Å². The van der Waals surface area contributed by atoms with Gasteiger partial charge in [-0.3, -0.25) is 0 Å². The van der Waals surface area contributed by atoms with E-state index in [0.717, 1.165) is 12.1 Å². The summed E-state index contributed by atoms with van der Waals surface area (Å²) in [5.74, 6) is 0.204. The van der Waals surface area contributed by atoms with Crippen molar-refractivity contribution in [2.75, 3.05) is 6.54 Å². The molecule has 0 radical (unpaired) electrons. The molecule has 1 saturated carbocycles. The van der Waals surface area contributed by atoms with Gasteiger partial charge in [0.05, 0.1) is 5.56 Å². The summed E-state index contributed by atoms with van der Waals surface area (Å²) >= 11 is 6.02. The molecule has 1 fully saturated rings. The van der Waals surface area contributed by atoms with Crippen molar-refractivity contribution in [2.45, 2.75) is 25.9 Å². The molecule has 0 saturated heterocycles. The summed E-state index contributed by atoms with van der Waals surface area (Å²) < 4.78 is 38.1. The first-order valence-corrected chi connectivity index (χ1v) is 6.14. The Morgan fingerprint density at radius 2 is 1.94 bits per heavy atom. The molecule has 100 valence electrons. The Balaban J connectivity index is 2.41. The molecular weight excluding hydrogens is 263 g/mol. The molecule has 18 heavy (non-hydrogen) atoms. The highest BCUT2D eigenvalue weighted by Gasteiger charge is 2.58. The lowest BCUT2D eigenvalue weighted by molar-refractivity contribution is -0.137. The molecule has 2 atom stereocenters. The van der Waals surface area contributed by atoms with E-state index in [1.54, 1.807) is 0 Å². The molecule has 0 heterocycles. The van der Waals surface area contributed by atoms with Crippen LogP contribution in [0.2, 0.25) is 5.02 Å². The third-order valence-corrected chi connectivity index (χ3v) is 4.31. The molecule has 0 aromatic heterocycles. The normalized spacial score (nSPS) is 26.2. The van der Waals surface area contributed by atoms with Crippen molar-refractivity contribution in [2.24, 2.45) is 17.1 Å². The SMILES string of the molecule is CC1(C)[C@H](CN)[C@H]1c1cc(C(F)(F)F)ccc1Cl. The van der Waals surface area contributed by atoms with Crippen LogP contribution in [0, 0.1) is 11.3 Å². The zero-order chi connectivity index (χ0) is 13.7.